The molecule has 252 valence electrons. The summed E-state index contributed by atoms with van der Waals surface area (Å²) in [6.07, 6.45) is 10.0. The number of nitrogens with zero attached hydrogens (tertiary/aromatic N) is 1. The van der Waals surface area contributed by atoms with E-state index in [-0.39, 0.29) is 0 Å². The highest BCUT2D eigenvalue weighted by Gasteiger charge is 2.55. The van der Waals surface area contributed by atoms with E-state index in [0.717, 1.165) is 51.1 Å². The quantitative estimate of drug-likeness (QED) is 0.176. The topological polar surface area (TPSA) is 16.4 Å². The molecule has 4 fully saturated rings. The van der Waals surface area contributed by atoms with Gasteiger partial charge in [-0.1, -0.05) is 91.3 Å². The van der Waals surface area contributed by atoms with E-state index in [2.05, 4.69) is 146 Å². The van der Waals surface area contributed by atoms with Crippen molar-refractivity contribution in [2.45, 2.75) is 64.2 Å². The zero-order valence-electron chi connectivity index (χ0n) is 29.7. The third kappa shape index (κ3) is 4.98. The molecular weight excluding hydrogens is 619 g/mol. The summed E-state index contributed by atoms with van der Waals surface area (Å²) in [5.41, 5.74) is 14.8. The summed E-state index contributed by atoms with van der Waals surface area (Å²) in [5, 5.41) is 2.30. The van der Waals surface area contributed by atoms with Crippen LogP contribution in [0.4, 0.5) is 17.1 Å². The predicted octanol–water partition coefficient (Wildman–Crippen LogP) is 13.9. The fourth-order valence-electron chi connectivity index (χ4n) is 10.8. The van der Waals surface area contributed by atoms with Crippen LogP contribution < -0.4 is 4.90 Å². The highest BCUT2D eigenvalue weighted by molar-refractivity contribution is 6.06. The molecule has 1 heterocycles. The van der Waals surface area contributed by atoms with Gasteiger partial charge in [-0.05, 0) is 157 Å². The maximum Gasteiger partial charge on any atom is 0.137 e. The molecule has 11 rings (SSSR count). The first kappa shape index (κ1) is 30.7. The van der Waals surface area contributed by atoms with Crippen molar-refractivity contribution in [3.8, 4) is 22.3 Å². The minimum absolute atomic E-state index is 0.420. The van der Waals surface area contributed by atoms with Crippen molar-refractivity contribution in [3.63, 3.8) is 0 Å². The molecule has 2 bridgehead atoms. The van der Waals surface area contributed by atoms with Crippen molar-refractivity contribution in [2.24, 2.45) is 17.8 Å². The summed E-state index contributed by atoms with van der Waals surface area (Å²) < 4.78 is 6.40. The van der Waals surface area contributed by atoms with E-state index in [1.807, 2.05) is 6.07 Å². The Morgan fingerprint density at radius 2 is 1.18 bits per heavy atom. The van der Waals surface area contributed by atoms with Crippen LogP contribution in [0.1, 0.15) is 61.6 Å². The zero-order chi connectivity index (χ0) is 34.1. The molecule has 4 saturated carbocycles. The number of rotatable bonds is 6. The molecule has 2 atom stereocenters. The lowest BCUT2D eigenvalue weighted by molar-refractivity contribution is 0.0140. The van der Waals surface area contributed by atoms with Crippen LogP contribution in [0.2, 0.25) is 0 Å². The minimum Gasteiger partial charge on any atom is -0.456 e. The molecule has 4 aliphatic carbocycles. The highest BCUT2D eigenvalue weighted by atomic mass is 16.3. The standard InChI is InChI=1S/C49H45NO/c1-32-29-37(34-9-4-3-5-10-34)17-23-45(32)50(40-21-22-43-42-11-6-7-14-47(42)51-48(43)31-40)46-24-18-38(30-33(46)2)35-15-19-39(20-16-35)49-27-25-36(26-28-49)41-12-8-13-44(41)49/h3-7,9-11,14-24,29-31,36,41,44H,8,12-13,25-28H2,1-2H3. The second-order valence-electron chi connectivity index (χ2n) is 15.8. The molecule has 0 spiro atoms. The van der Waals surface area contributed by atoms with Crippen LogP contribution in [0.3, 0.4) is 0 Å². The van der Waals surface area contributed by atoms with Crippen molar-refractivity contribution in [3.05, 3.63) is 150 Å². The normalized spacial score (nSPS) is 22.4. The van der Waals surface area contributed by atoms with Crippen molar-refractivity contribution in [1.29, 1.82) is 0 Å². The largest absolute Gasteiger partial charge is 0.456 e. The fraction of sp³-hybridized carbons (Fsp3) is 0.265. The molecule has 0 aliphatic heterocycles. The predicted molar refractivity (Wildman–Crippen MR) is 213 cm³/mol. The SMILES string of the molecule is Cc1cc(-c2ccccc2)ccc1N(c1ccc2c(c1)oc1ccccc12)c1ccc(-c2ccc(C34CCC(CC3)C3CCCC34)cc2)cc1C. The number of fused-ring (bicyclic) bond motifs is 5. The molecule has 0 amide bonds. The Hall–Kier alpha value is -5.08. The van der Waals surface area contributed by atoms with Crippen LogP contribution >= 0.6 is 0 Å². The van der Waals surface area contributed by atoms with Gasteiger partial charge < -0.3 is 9.32 Å². The number of para-hydroxylation sites is 1. The monoisotopic (exact) mass is 663 g/mol. The molecule has 0 N–H and O–H groups in total. The van der Waals surface area contributed by atoms with Crippen LogP contribution in [0, 0.1) is 31.6 Å². The molecule has 1 aromatic heterocycles. The highest BCUT2D eigenvalue weighted by Crippen LogP contribution is 2.62. The molecular formula is C49H45NO. The van der Waals surface area contributed by atoms with E-state index in [1.165, 1.54) is 84.0 Å². The summed E-state index contributed by atoms with van der Waals surface area (Å²) in [5.74, 6) is 2.90. The number of furan rings is 1. The molecule has 6 aromatic carbocycles. The number of anilines is 3. The Kier molecular flexibility index (Phi) is 7.24. The minimum atomic E-state index is 0.420. The average molecular weight is 664 g/mol. The lowest BCUT2D eigenvalue weighted by Crippen LogP contribution is -2.49. The van der Waals surface area contributed by atoms with Crippen LogP contribution in [0.15, 0.2) is 138 Å². The lowest BCUT2D eigenvalue weighted by Gasteiger charge is -2.55. The average Bonchev–Trinajstić information content (AvgIpc) is 3.84. The van der Waals surface area contributed by atoms with E-state index in [0.29, 0.717) is 5.41 Å². The maximum absolute atomic E-state index is 6.40. The fourth-order valence-corrected chi connectivity index (χ4v) is 10.8. The van der Waals surface area contributed by atoms with Gasteiger partial charge in [-0.3, -0.25) is 0 Å². The number of hydrogen-bond donors (Lipinski definition) is 0. The second-order valence-corrected chi connectivity index (χ2v) is 15.8. The lowest BCUT2D eigenvalue weighted by atomic mass is 9.49. The van der Waals surface area contributed by atoms with Crippen molar-refractivity contribution >= 4 is 39.0 Å². The molecule has 0 saturated heterocycles. The molecule has 2 heteroatoms. The zero-order valence-corrected chi connectivity index (χ0v) is 29.7. The third-order valence-corrected chi connectivity index (χ3v) is 13.2. The molecule has 51 heavy (non-hydrogen) atoms. The molecule has 2 nitrogen and oxygen atoms in total. The summed E-state index contributed by atoms with van der Waals surface area (Å²) in [6.45, 7) is 4.49. The van der Waals surface area contributed by atoms with Crippen LogP contribution in [0.25, 0.3) is 44.2 Å². The Balaban J connectivity index is 1.03. The first-order valence-corrected chi connectivity index (χ1v) is 19.1. The third-order valence-electron chi connectivity index (χ3n) is 13.2. The second kappa shape index (κ2) is 12.0. The number of hydrogen-bond acceptors (Lipinski definition) is 2. The summed E-state index contributed by atoms with van der Waals surface area (Å²) in [6, 6.07) is 49.3. The Morgan fingerprint density at radius 1 is 0.549 bits per heavy atom. The first-order valence-electron chi connectivity index (χ1n) is 19.1. The van der Waals surface area contributed by atoms with Gasteiger partial charge in [0.15, 0.2) is 0 Å². The van der Waals surface area contributed by atoms with Crippen LogP contribution in [-0.2, 0) is 5.41 Å². The summed E-state index contributed by atoms with van der Waals surface area (Å²) in [4.78, 5) is 2.41. The van der Waals surface area contributed by atoms with E-state index < -0.39 is 0 Å². The smallest absolute Gasteiger partial charge is 0.137 e. The van der Waals surface area contributed by atoms with E-state index in [1.54, 1.807) is 5.56 Å². The van der Waals surface area contributed by atoms with Gasteiger partial charge in [-0.2, -0.15) is 0 Å². The maximum atomic E-state index is 6.40. The Bertz CT molecular complexity index is 2390. The first-order chi connectivity index (χ1) is 25.1. The molecule has 7 aromatic rings. The van der Waals surface area contributed by atoms with E-state index >= 15 is 0 Å². The van der Waals surface area contributed by atoms with Gasteiger partial charge in [0.2, 0.25) is 0 Å². The summed E-state index contributed by atoms with van der Waals surface area (Å²) >= 11 is 0. The van der Waals surface area contributed by atoms with Crippen LogP contribution in [0.5, 0.6) is 0 Å². The van der Waals surface area contributed by atoms with Crippen LogP contribution in [-0.4, -0.2) is 0 Å². The van der Waals surface area contributed by atoms with Gasteiger partial charge >= 0.3 is 0 Å². The number of aryl methyl sites for hydroxylation is 2. The van der Waals surface area contributed by atoms with Gasteiger partial charge in [0.1, 0.15) is 11.2 Å². The van der Waals surface area contributed by atoms with E-state index in [9.17, 15) is 0 Å². The van der Waals surface area contributed by atoms with Gasteiger partial charge in [0, 0.05) is 33.9 Å². The Labute approximate surface area is 301 Å². The Morgan fingerprint density at radius 3 is 1.88 bits per heavy atom. The number of benzene rings is 6. The van der Waals surface area contributed by atoms with E-state index in [4.69, 9.17) is 4.42 Å². The molecule has 0 radical (unpaired) electrons. The summed E-state index contributed by atoms with van der Waals surface area (Å²) in [7, 11) is 0. The van der Waals surface area contributed by atoms with Gasteiger partial charge in [-0.25, -0.2) is 0 Å². The van der Waals surface area contributed by atoms with Gasteiger partial charge in [0.05, 0.1) is 0 Å². The van der Waals surface area contributed by atoms with Crippen molar-refractivity contribution in [1.82, 2.24) is 0 Å². The molecule has 2 unspecified atom stereocenters. The van der Waals surface area contributed by atoms with Crippen molar-refractivity contribution in [2.75, 3.05) is 4.90 Å². The van der Waals surface area contributed by atoms with Crippen molar-refractivity contribution < 1.29 is 4.42 Å². The van der Waals surface area contributed by atoms with Gasteiger partial charge in [-0.15, -0.1) is 0 Å². The molecule has 4 aliphatic rings. The van der Waals surface area contributed by atoms with Gasteiger partial charge in [0.25, 0.3) is 0 Å².